The Kier molecular flexibility index (Phi) is 5.23. The van der Waals surface area contributed by atoms with Crippen LogP contribution in [0.25, 0.3) is 11.4 Å². The molecule has 0 saturated heterocycles. The molecule has 6 heteroatoms. The highest BCUT2D eigenvalue weighted by Gasteiger charge is 2.11. The van der Waals surface area contributed by atoms with Crippen molar-refractivity contribution in [1.29, 1.82) is 0 Å². The molecule has 5 nitrogen and oxygen atoms in total. The third kappa shape index (κ3) is 4.43. The van der Waals surface area contributed by atoms with Gasteiger partial charge in [-0.25, -0.2) is 0 Å². The SMILES string of the molecule is O=C(CCc1nc(-c2ccc(Cl)cc2)no1)OCc1ccccc1. The molecule has 0 aliphatic heterocycles. The molecule has 2 aromatic carbocycles. The van der Waals surface area contributed by atoms with Crippen LogP contribution in [0.5, 0.6) is 0 Å². The van der Waals surface area contributed by atoms with Crippen molar-refractivity contribution < 1.29 is 14.1 Å². The summed E-state index contributed by atoms with van der Waals surface area (Å²) in [5, 5.41) is 4.55. The van der Waals surface area contributed by atoms with Gasteiger partial charge >= 0.3 is 5.97 Å². The monoisotopic (exact) mass is 342 g/mol. The van der Waals surface area contributed by atoms with E-state index in [0.717, 1.165) is 11.1 Å². The number of carbonyl (C=O) groups excluding carboxylic acids is 1. The molecule has 1 heterocycles. The number of ether oxygens (including phenoxy) is 1. The van der Waals surface area contributed by atoms with E-state index in [4.69, 9.17) is 20.9 Å². The predicted molar refractivity (Wildman–Crippen MR) is 89.3 cm³/mol. The second-order valence-corrected chi connectivity index (χ2v) is 5.60. The molecule has 3 aromatic rings. The van der Waals surface area contributed by atoms with Crippen LogP contribution < -0.4 is 0 Å². The van der Waals surface area contributed by atoms with Gasteiger partial charge in [-0.1, -0.05) is 47.1 Å². The van der Waals surface area contributed by atoms with Crippen LogP contribution in [0.15, 0.2) is 59.1 Å². The fourth-order valence-corrected chi connectivity index (χ4v) is 2.22. The van der Waals surface area contributed by atoms with E-state index in [2.05, 4.69) is 10.1 Å². The van der Waals surface area contributed by atoms with Crippen molar-refractivity contribution in [1.82, 2.24) is 10.1 Å². The first-order valence-corrected chi connectivity index (χ1v) is 7.86. The van der Waals surface area contributed by atoms with Gasteiger partial charge in [0.2, 0.25) is 11.7 Å². The van der Waals surface area contributed by atoms with E-state index in [-0.39, 0.29) is 19.0 Å². The van der Waals surface area contributed by atoms with E-state index in [1.807, 2.05) is 42.5 Å². The van der Waals surface area contributed by atoms with Gasteiger partial charge in [0.25, 0.3) is 0 Å². The third-order valence-electron chi connectivity index (χ3n) is 3.36. The van der Waals surface area contributed by atoms with Crippen LogP contribution in [0.2, 0.25) is 5.02 Å². The standard InChI is InChI=1S/C18H15ClN2O3/c19-15-8-6-14(7-9-15)18-20-16(24-21-18)10-11-17(22)23-12-13-4-2-1-3-5-13/h1-9H,10-12H2. The summed E-state index contributed by atoms with van der Waals surface area (Å²) in [5.74, 6) is 0.570. The van der Waals surface area contributed by atoms with Crippen LogP contribution in [-0.4, -0.2) is 16.1 Å². The highest BCUT2D eigenvalue weighted by atomic mass is 35.5. The van der Waals surface area contributed by atoms with E-state index < -0.39 is 0 Å². The van der Waals surface area contributed by atoms with Gasteiger partial charge in [0.1, 0.15) is 6.61 Å². The Balaban J connectivity index is 1.50. The summed E-state index contributed by atoms with van der Waals surface area (Å²) >= 11 is 5.85. The summed E-state index contributed by atoms with van der Waals surface area (Å²) in [7, 11) is 0. The first-order valence-electron chi connectivity index (χ1n) is 7.49. The topological polar surface area (TPSA) is 65.2 Å². The molecule has 122 valence electrons. The molecule has 0 saturated carbocycles. The molecule has 3 rings (SSSR count). The largest absolute Gasteiger partial charge is 0.461 e. The number of nitrogens with zero attached hydrogens (tertiary/aromatic N) is 2. The molecule has 0 atom stereocenters. The minimum Gasteiger partial charge on any atom is -0.461 e. The van der Waals surface area contributed by atoms with Crippen LogP contribution in [-0.2, 0) is 22.6 Å². The maximum atomic E-state index is 11.8. The summed E-state index contributed by atoms with van der Waals surface area (Å²) in [6.45, 7) is 0.263. The average Bonchev–Trinajstić information content (AvgIpc) is 3.09. The van der Waals surface area contributed by atoms with Crippen LogP contribution in [0.3, 0.4) is 0 Å². The number of aromatic nitrogens is 2. The Labute approximate surface area is 144 Å². The van der Waals surface area contributed by atoms with Gasteiger partial charge in [-0.3, -0.25) is 4.79 Å². The molecule has 0 amide bonds. The summed E-state index contributed by atoms with van der Waals surface area (Å²) in [6, 6.07) is 16.7. The lowest BCUT2D eigenvalue weighted by atomic mass is 10.2. The molecule has 0 radical (unpaired) electrons. The molecule has 0 unspecified atom stereocenters. The van der Waals surface area contributed by atoms with E-state index in [0.29, 0.717) is 23.2 Å². The number of halogens is 1. The number of hydrogen-bond acceptors (Lipinski definition) is 5. The Bertz CT molecular complexity index is 801. The number of hydrogen-bond donors (Lipinski definition) is 0. The third-order valence-corrected chi connectivity index (χ3v) is 3.61. The average molecular weight is 343 g/mol. The molecule has 0 aliphatic carbocycles. The van der Waals surface area contributed by atoms with Crippen molar-refractivity contribution in [2.24, 2.45) is 0 Å². The molecular formula is C18H15ClN2O3. The minimum atomic E-state index is -0.301. The number of esters is 1. The fourth-order valence-electron chi connectivity index (χ4n) is 2.09. The van der Waals surface area contributed by atoms with Gasteiger partial charge in [0.15, 0.2) is 0 Å². The summed E-state index contributed by atoms with van der Waals surface area (Å²) in [5.41, 5.74) is 1.76. The van der Waals surface area contributed by atoms with E-state index in [1.54, 1.807) is 12.1 Å². The molecule has 0 fully saturated rings. The van der Waals surface area contributed by atoms with Crippen molar-refractivity contribution in [2.45, 2.75) is 19.4 Å². The number of rotatable bonds is 6. The summed E-state index contributed by atoms with van der Waals surface area (Å²) in [6.07, 6.45) is 0.531. The van der Waals surface area contributed by atoms with Gasteiger partial charge < -0.3 is 9.26 Å². The number of carbonyl (C=O) groups is 1. The highest BCUT2D eigenvalue weighted by Crippen LogP contribution is 2.19. The van der Waals surface area contributed by atoms with Crippen molar-refractivity contribution in [3.63, 3.8) is 0 Å². The minimum absolute atomic E-state index is 0.190. The van der Waals surface area contributed by atoms with Crippen molar-refractivity contribution in [2.75, 3.05) is 0 Å². The Morgan fingerprint density at radius 1 is 1.08 bits per heavy atom. The lowest BCUT2D eigenvalue weighted by Gasteiger charge is -2.03. The van der Waals surface area contributed by atoms with Gasteiger partial charge in [-0.05, 0) is 29.8 Å². The second kappa shape index (κ2) is 7.75. The summed E-state index contributed by atoms with van der Waals surface area (Å²) in [4.78, 5) is 16.0. The Morgan fingerprint density at radius 2 is 1.83 bits per heavy atom. The lowest BCUT2D eigenvalue weighted by molar-refractivity contribution is -0.145. The van der Waals surface area contributed by atoms with E-state index >= 15 is 0 Å². The molecular weight excluding hydrogens is 328 g/mol. The van der Waals surface area contributed by atoms with Crippen LogP contribution in [0.1, 0.15) is 17.9 Å². The number of aryl methyl sites for hydroxylation is 1. The second-order valence-electron chi connectivity index (χ2n) is 5.16. The van der Waals surface area contributed by atoms with Gasteiger partial charge in [0, 0.05) is 17.0 Å². The molecule has 0 aliphatic rings. The predicted octanol–water partition coefficient (Wildman–Crippen LogP) is 4.07. The van der Waals surface area contributed by atoms with Crippen LogP contribution >= 0.6 is 11.6 Å². The normalized spacial score (nSPS) is 10.5. The molecule has 0 N–H and O–H groups in total. The zero-order valence-corrected chi connectivity index (χ0v) is 13.6. The maximum absolute atomic E-state index is 11.8. The molecule has 0 bridgehead atoms. The maximum Gasteiger partial charge on any atom is 0.306 e. The van der Waals surface area contributed by atoms with Crippen molar-refractivity contribution in [3.05, 3.63) is 71.1 Å². The summed E-state index contributed by atoms with van der Waals surface area (Å²) < 4.78 is 10.4. The zero-order chi connectivity index (χ0) is 16.8. The van der Waals surface area contributed by atoms with Crippen LogP contribution in [0.4, 0.5) is 0 Å². The van der Waals surface area contributed by atoms with E-state index in [9.17, 15) is 4.79 Å². The lowest BCUT2D eigenvalue weighted by Crippen LogP contribution is -2.06. The Morgan fingerprint density at radius 3 is 2.58 bits per heavy atom. The van der Waals surface area contributed by atoms with Gasteiger partial charge in [-0.15, -0.1) is 0 Å². The zero-order valence-electron chi connectivity index (χ0n) is 12.8. The van der Waals surface area contributed by atoms with Gasteiger partial charge in [0.05, 0.1) is 6.42 Å². The van der Waals surface area contributed by atoms with Crippen molar-refractivity contribution in [3.8, 4) is 11.4 Å². The number of benzene rings is 2. The first-order chi connectivity index (χ1) is 11.7. The molecule has 24 heavy (non-hydrogen) atoms. The van der Waals surface area contributed by atoms with E-state index in [1.165, 1.54) is 0 Å². The Hall–Kier alpha value is -2.66. The van der Waals surface area contributed by atoms with Gasteiger partial charge in [-0.2, -0.15) is 4.98 Å². The fraction of sp³-hybridized carbons (Fsp3) is 0.167. The molecule has 1 aromatic heterocycles. The highest BCUT2D eigenvalue weighted by molar-refractivity contribution is 6.30. The molecule has 0 spiro atoms. The smallest absolute Gasteiger partial charge is 0.306 e. The van der Waals surface area contributed by atoms with Crippen LogP contribution in [0, 0.1) is 0 Å². The first kappa shape index (κ1) is 16.2. The van der Waals surface area contributed by atoms with Crippen molar-refractivity contribution >= 4 is 17.6 Å². The quantitative estimate of drug-likeness (QED) is 0.632.